The van der Waals surface area contributed by atoms with E-state index in [0.717, 1.165) is 5.56 Å². The van der Waals surface area contributed by atoms with E-state index in [9.17, 15) is 22.8 Å². The fourth-order valence-corrected chi connectivity index (χ4v) is 9.84. The number of hydrogen-bond acceptors (Lipinski definition) is 12. The Balaban J connectivity index is 1.20. The third-order valence-corrected chi connectivity index (χ3v) is 14.2. The van der Waals surface area contributed by atoms with E-state index in [4.69, 9.17) is 42.4 Å². The highest BCUT2D eigenvalue weighted by molar-refractivity contribution is 7.91. The number of pyridine rings is 1. The molecule has 59 heavy (non-hydrogen) atoms. The zero-order chi connectivity index (χ0) is 42.6. The number of halogens is 2. The lowest BCUT2D eigenvalue weighted by Gasteiger charge is -2.35. The molecule has 18 heteroatoms. The summed E-state index contributed by atoms with van der Waals surface area (Å²) in [7, 11) is -0.815. The number of likely N-dealkylation sites (tertiary alicyclic amines) is 1. The molecule has 314 valence electrons. The highest BCUT2D eigenvalue weighted by Gasteiger charge is 2.62. The van der Waals surface area contributed by atoms with Gasteiger partial charge in [-0.2, -0.15) is 0 Å². The minimum atomic E-state index is -3.91. The molecule has 0 radical (unpaired) electrons. The number of aromatic nitrogens is 2. The van der Waals surface area contributed by atoms with Gasteiger partial charge in [0.2, 0.25) is 27.7 Å². The van der Waals surface area contributed by atoms with Gasteiger partial charge in [0.1, 0.15) is 35.2 Å². The molecule has 1 saturated heterocycles. The fraction of sp³-hybridized carbons (Fsp3) is 0.439. The van der Waals surface area contributed by atoms with Crippen LogP contribution in [0.15, 0.2) is 54.6 Å². The maximum atomic E-state index is 15.0. The van der Waals surface area contributed by atoms with Crippen molar-refractivity contribution in [3.05, 3.63) is 70.2 Å². The van der Waals surface area contributed by atoms with Gasteiger partial charge in [0.05, 0.1) is 37.9 Å². The smallest absolute Gasteiger partial charge is 0.259 e. The summed E-state index contributed by atoms with van der Waals surface area (Å²) in [6, 6.07) is 6.80. The normalized spacial score (nSPS) is 22.0. The molecular formula is C41H46Cl2N6O8S2. The number of methoxy groups -OCH3 is 2. The Morgan fingerprint density at radius 2 is 1.81 bits per heavy atom. The molecule has 3 fully saturated rings. The number of fused-ring (bicyclic) bond motifs is 1. The van der Waals surface area contributed by atoms with Gasteiger partial charge in [-0.3, -0.25) is 19.1 Å². The predicted molar refractivity (Wildman–Crippen MR) is 228 cm³/mol. The molecule has 2 aromatic carbocycles. The van der Waals surface area contributed by atoms with Crippen molar-refractivity contribution in [3.63, 3.8) is 0 Å². The van der Waals surface area contributed by atoms with Crippen LogP contribution in [0.25, 0.3) is 22.0 Å². The average Bonchev–Trinajstić information content (AvgIpc) is 4.08. The van der Waals surface area contributed by atoms with E-state index in [1.54, 1.807) is 31.4 Å². The molecule has 7 rings (SSSR count). The summed E-state index contributed by atoms with van der Waals surface area (Å²) in [4.78, 5) is 53.8. The number of carbonyl (C=O) groups excluding carboxylic acids is 3. The second kappa shape index (κ2) is 16.1. The topological polar surface area (TPSA) is 178 Å². The number of hydrogen-bond donors (Lipinski definition) is 3. The Labute approximate surface area is 357 Å². The van der Waals surface area contributed by atoms with E-state index in [0.29, 0.717) is 61.5 Å². The third kappa shape index (κ3) is 8.54. The summed E-state index contributed by atoms with van der Waals surface area (Å²) in [5.74, 6) is -1.10. The van der Waals surface area contributed by atoms with Crippen LogP contribution in [0.5, 0.6) is 17.4 Å². The SMILES string of the molecule is C=C[C@@H]1C[C@]1(NC(=O)[C@@H]1C[C@@H](Oc2ncc(OC)c3ccc(Cl)cc23)CN1C(=O)[C@@H](Nc1nc(-c2cc(Cl)c(C)cc2OC)cs1)C(C)(C)C)C(=O)NS(=O)(=O)C1CC1. The zero-order valence-corrected chi connectivity index (χ0v) is 36.6. The second-order valence-electron chi connectivity index (χ2n) is 16.3. The van der Waals surface area contributed by atoms with Crippen molar-refractivity contribution in [1.82, 2.24) is 24.9 Å². The van der Waals surface area contributed by atoms with Gasteiger partial charge in [0.15, 0.2) is 5.13 Å². The number of nitrogens with one attached hydrogen (secondary N) is 3. The molecule has 0 spiro atoms. The molecule has 3 aliphatic rings. The maximum Gasteiger partial charge on any atom is 0.259 e. The van der Waals surface area contributed by atoms with Crippen LogP contribution in [-0.2, 0) is 24.4 Å². The summed E-state index contributed by atoms with van der Waals surface area (Å²) in [6.45, 7) is 11.4. The molecule has 1 aliphatic heterocycles. The number of anilines is 1. The van der Waals surface area contributed by atoms with Gasteiger partial charge >= 0.3 is 0 Å². The van der Waals surface area contributed by atoms with Crippen LogP contribution >= 0.6 is 34.5 Å². The van der Waals surface area contributed by atoms with Crippen molar-refractivity contribution in [2.24, 2.45) is 11.3 Å². The van der Waals surface area contributed by atoms with Crippen LogP contribution in [0.4, 0.5) is 5.13 Å². The molecule has 2 saturated carbocycles. The maximum absolute atomic E-state index is 15.0. The number of benzene rings is 2. The van der Waals surface area contributed by atoms with Crippen LogP contribution in [-0.4, -0.2) is 90.7 Å². The summed E-state index contributed by atoms with van der Waals surface area (Å²) in [5, 5.41) is 10.1. The Bertz CT molecular complexity index is 2450. The Morgan fingerprint density at radius 1 is 1.08 bits per heavy atom. The second-order valence-corrected chi connectivity index (χ2v) is 19.9. The molecular weight excluding hydrogens is 840 g/mol. The molecule has 3 amide bonds. The summed E-state index contributed by atoms with van der Waals surface area (Å²) >= 11 is 14.2. The van der Waals surface area contributed by atoms with E-state index < -0.39 is 68.1 Å². The highest BCUT2D eigenvalue weighted by Crippen LogP contribution is 2.46. The van der Waals surface area contributed by atoms with Gasteiger partial charge in [-0.25, -0.2) is 18.4 Å². The van der Waals surface area contributed by atoms with Gasteiger partial charge in [0, 0.05) is 44.1 Å². The fourth-order valence-electron chi connectivity index (χ4n) is 7.40. The van der Waals surface area contributed by atoms with E-state index >= 15 is 0 Å². The quantitative estimate of drug-likeness (QED) is 0.117. The molecule has 3 heterocycles. The van der Waals surface area contributed by atoms with Crippen molar-refractivity contribution >= 4 is 78.2 Å². The van der Waals surface area contributed by atoms with Gasteiger partial charge in [-0.05, 0) is 67.5 Å². The first kappa shape index (κ1) is 42.5. The van der Waals surface area contributed by atoms with Crippen molar-refractivity contribution in [3.8, 4) is 28.6 Å². The van der Waals surface area contributed by atoms with Crippen LogP contribution in [0, 0.1) is 18.3 Å². The molecule has 0 unspecified atom stereocenters. The number of amides is 3. The number of carbonyl (C=O) groups is 3. The predicted octanol–water partition coefficient (Wildman–Crippen LogP) is 6.54. The minimum Gasteiger partial charge on any atom is -0.496 e. The van der Waals surface area contributed by atoms with E-state index in [-0.39, 0.29) is 25.3 Å². The first-order valence-corrected chi connectivity index (χ1v) is 22.2. The lowest BCUT2D eigenvalue weighted by atomic mass is 9.85. The van der Waals surface area contributed by atoms with Crippen molar-refractivity contribution < 1.29 is 37.0 Å². The number of thiazole rings is 1. The highest BCUT2D eigenvalue weighted by atomic mass is 35.5. The molecule has 0 bridgehead atoms. The summed E-state index contributed by atoms with van der Waals surface area (Å²) < 4.78 is 45.4. The van der Waals surface area contributed by atoms with Crippen LogP contribution in [0.3, 0.4) is 0 Å². The summed E-state index contributed by atoms with van der Waals surface area (Å²) in [5.41, 5.74) is -0.138. The number of rotatable bonds is 14. The lowest BCUT2D eigenvalue weighted by molar-refractivity contribution is -0.141. The minimum absolute atomic E-state index is 0.0242. The number of nitrogens with zero attached hydrogens (tertiary/aromatic N) is 3. The lowest BCUT2D eigenvalue weighted by Crippen LogP contribution is -2.58. The number of ether oxygens (including phenoxy) is 3. The number of aryl methyl sites for hydroxylation is 1. The molecule has 5 atom stereocenters. The van der Waals surface area contributed by atoms with Gasteiger partial charge in [-0.1, -0.05) is 50.0 Å². The zero-order valence-electron chi connectivity index (χ0n) is 33.4. The van der Waals surface area contributed by atoms with Gasteiger partial charge in [-0.15, -0.1) is 17.9 Å². The standard InChI is InChI=1S/C41H46Cl2N6O8S2/c1-8-22-17-41(22,38(52)48-59(53,54)25-10-11-25)47-35(50)31-15-24(57-36-27-14-23(42)9-12-26(27)33(56-7)18-44-36)19-49(31)37(51)34(40(3,4)5)46-39-45-30(20-58-39)28-16-29(43)21(2)13-32(28)55-6/h8-9,12-14,16,18,20,22,24-25,31,34H,1,10-11,15,17,19H2,2-7H3,(H,45,46)(H,47,50)(H,48,52)/t22-,24-,31+,34-,41-/m1/s1. The molecule has 14 nitrogen and oxygen atoms in total. The summed E-state index contributed by atoms with van der Waals surface area (Å²) in [6.07, 6.45) is 3.38. The Morgan fingerprint density at radius 3 is 2.46 bits per heavy atom. The van der Waals surface area contributed by atoms with Crippen molar-refractivity contribution in [1.29, 1.82) is 0 Å². The van der Waals surface area contributed by atoms with Crippen LogP contribution < -0.4 is 29.6 Å². The number of sulfonamides is 1. The third-order valence-electron chi connectivity index (χ3n) is 11.0. The van der Waals surface area contributed by atoms with Crippen LogP contribution in [0.2, 0.25) is 10.0 Å². The monoisotopic (exact) mass is 884 g/mol. The van der Waals surface area contributed by atoms with E-state index in [1.807, 2.05) is 39.1 Å². The molecule has 2 aromatic heterocycles. The molecule has 2 aliphatic carbocycles. The first-order valence-electron chi connectivity index (χ1n) is 19.1. The first-order chi connectivity index (χ1) is 27.9. The van der Waals surface area contributed by atoms with E-state index in [2.05, 4.69) is 26.9 Å². The molecule has 3 N–H and O–H groups in total. The van der Waals surface area contributed by atoms with Crippen LogP contribution in [0.1, 0.15) is 52.0 Å². The largest absolute Gasteiger partial charge is 0.496 e. The Kier molecular flexibility index (Phi) is 11.6. The van der Waals surface area contributed by atoms with E-state index in [1.165, 1.54) is 35.6 Å². The van der Waals surface area contributed by atoms with Gasteiger partial charge < -0.3 is 29.7 Å². The average molecular weight is 886 g/mol. The van der Waals surface area contributed by atoms with Gasteiger partial charge in [0.25, 0.3) is 5.91 Å². The van der Waals surface area contributed by atoms with Crippen molar-refractivity contribution in [2.75, 3.05) is 26.1 Å². The van der Waals surface area contributed by atoms with Crippen molar-refractivity contribution in [2.45, 2.75) is 82.4 Å². The molecule has 4 aromatic rings. The Hall–Kier alpha value is -4.64.